The van der Waals surface area contributed by atoms with Crippen LogP contribution in [0.5, 0.6) is 0 Å². The van der Waals surface area contributed by atoms with Crippen LogP contribution in [0.1, 0.15) is 85.5 Å². The van der Waals surface area contributed by atoms with E-state index in [1.807, 2.05) is 6.92 Å². The van der Waals surface area contributed by atoms with Crippen molar-refractivity contribution in [2.24, 2.45) is 11.1 Å². The molecule has 23 heavy (non-hydrogen) atoms. The van der Waals surface area contributed by atoms with Gasteiger partial charge in [0.2, 0.25) is 0 Å². The molecule has 0 aromatic rings. The van der Waals surface area contributed by atoms with Gasteiger partial charge in [-0.2, -0.15) is 0 Å². The fraction of sp³-hybridized carbons (Fsp3) is 0.789. The van der Waals surface area contributed by atoms with Crippen LogP contribution in [-0.4, -0.2) is 18.2 Å². The van der Waals surface area contributed by atoms with E-state index in [2.05, 4.69) is 31.2 Å². The van der Waals surface area contributed by atoms with Crippen LogP contribution in [0.3, 0.4) is 0 Å². The van der Waals surface area contributed by atoms with E-state index in [4.69, 9.17) is 4.84 Å². The minimum atomic E-state index is -0.304. The van der Waals surface area contributed by atoms with Crippen LogP contribution in [-0.2, 0) is 9.63 Å². The molecule has 0 aromatic carbocycles. The fourth-order valence-electron chi connectivity index (χ4n) is 2.93. The molecule has 0 fully saturated rings. The molecule has 1 N–H and O–H groups in total. The van der Waals surface area contributed by atoms with Gasteiger partial charge in [-0.05, 0) is 32.1 Å². The number of carbonyl (C=O) groups is 1. The third-order valence-corrected chi connectivity index (χ3v) is 4.56. The summed E-state index contributed by atoms with van der Waals surface area (Å²) in [7, 11) is 0. The molecule has 1 heterocycles. The number of allylic oxidation sites excluding steroid dienone is 1. The molecule has 0 amide bonds. The van der Waals surface area contributed by atoms with Gasteiger partial charge in [0.1, 0.15) is 5.57 Å². The van der Waals surface area contributed by atoms with Gasteiger partial charge in [0.15, 0.2) is 0 Å². The summed E-state index contributed by atoms with van der Waals surface area (Å²) in [5, 5.41) is 7.39. The zero-order chi connectivity index (χ0) is 17.1. The van der Waals surface area contributed by atoms with Crippen LogP contribution < -0.4 is 5.32 Å². The van der Waals surface area contributed by atoms with E-state index in [1.54, 1.807) is 0 Å². The summed E-state index contributed by atoms with van der Waals surface area (Å²) in [6.45, 7) is 9.47. The van der Waals surface area contributed by atoms with Crippen molar-refractivity contribution in [2.75, 3.05) is 6.54 Å². The summed E-state index contributed by atoms with van der Waals surface area (Å²) in [5.74, 6) is 0.359. The molecule has 0 radical (unpaired) electrons. The number of nitrogens with one attached hydrogen (secondary N) is 1. The van der Waals surface area contributed by atoms with Crippen molar-refractivity contribution in [2.45, 2.75) is 85.5 Å². The maximum Gasteiger partial charge on any atom is 0.369 e. The molecule has 4 nitrogen and oxygen atoms in total. The van der Waals surface area contributed by atoms with Crippen LogP contribution in [0.15, 0.2) is 16.4 Å². The van der Waals surface area contributed by atoms with Gasteiger partial charge in [-0.3, -0.25) is 0 Å². The van der Waals surface area contributed by atoms with E-state index in [1.165, 1.54) is 44.9 Å². The highest BCUT2D eigenvalue weighted by molar-refractivity contribution is 6.21. The third-order valence-electron chi connectivity index (χ3n) is 4.56. The minimum absolute atomic E-state index is 0.304. The molecule has 1 aliphatic heterocycles. The summed E-state index contributed by atoms with van der Waals surface area (Å²) in [6.07, 6.45) is 10.6. The Bertz CT molecular complexity index is 427. The number of carbonyl (C=O) groups excluding carboxylic acids is 1. The normalized spacial score (nSPS) is 17.7. The Morgan fingerprint density at radius 3 is 2.43 bits per heavy atom. The van der Waals surface area contributed by atoms with E-state index in [0.29, 0.717) is 17.2 Å². The van der Waals surface area contributed by atoms with Crippen molar-refractivity contribution in [3.8, 4) is 0 Å². The number of oxime groups is 1. The second kappa shape index (κ2) is 11.3. The quantitative estimate of drug-likeness (QED) is 0.314. The first-order valence-electron chi connectivity index (χ1n) is 9.37. The average molecular weight is 322 g/mol. The van der Waals surface area contributed by atoms with E-state index in [0.717, 1.165) is 25.1 Å². The average Bonchev–Trinajstić information content (AvgIpc) is 2.88. The summed E-state index contributed by atoms with van der Waals surface area (Å²) < 4.78 is 0. The van der Waals surface area contributed by atoms with Gasteiger partial charge in [-0.1, -0.05) is 64.5 Å². The molecule has 1 rings (SSSR count). The van der Waals surface area contributed by atoms with Crippen molar-refractivity contribution in [3.05, 3.63) is 11.3 Å². The van der Waals surface area contributed by atoms with Crippen molar-refractivity contribution in [1.82, 2.24) is 5.32 Å². The van der Waals surface area contributed by atoms with Crippen LogP contribution in [0, 0.1) is 5.92 Å². The molecule has 0 aromatic heterocycles. The molecule has 1 unspecified atom stereocenters. The zero-order valence-corrected chi connectivity index (χ0v) is 15.4. The van der Waals surface area contributed by atoms with E-state index in [-0.39, 0.29) is 5.97 Å². The van der Waals surface area contributed by atoms with Gasteiger partial charge in [-0.25, -0.2) is 4.79 Å². The maximum atomic E-state index is 12.0. The van der Waals surface area contributed by atoms with Gasteiger partial charge in [-0.15, -0.1) is 0 Å². The molecule has 0 saturated heterocycles. The van der Waals surface area contributed by atoms with Gasteiger partial charge in [0.05, 0.1) is 5.71 Å². The smallest absolute Gasteiger partial charge is 0.369 e. The Hall–Kier alpha value is -1.32. The first kappa shape index (κ1) is 19.7. The van der Waals surface area contributed by atoms with Gasteiger partial charge >= 0.3 is 5.97 Å². The number of unbranched alkanes of at least 4 members (excludes halogenated alkanes) is 4. The van der Waals surface area contributed by atoms with Crippen LogP contribution in [0.4, 0.5) is 0 Å². The predicted octanol–water partition coefficient (Wildman–Crippen LogP) is 4.95. The van der Waals surface area contributed by atoms with Gasteiger partial charge in [0, 0.05) is 12.2 Å². The standard InChI is InChI=1S/C19H34N2O2/c1-5-8-10-11-13-17(18-15(4)21-23-19(18)22)20-14-16(7-3)12-9-6-2/h16,20H,5-14H2,1-4H3/b18-17-. The fourth-order valence-corrected chi connectivity index (χ4v) is 2.93. The Morgan fingerprint density at radius 2 is 1.87 bits per heavy atom. The molecule has 1 aliphatic rings. The summed E-state index contributed by atoms with van der Waals surface area (Å²) in [4.78, 5) is 16.8. The first-order chi connectivity index (χ1) is 11.1. The van der Waals surface area contributed by atoms with Crippen molar-refractivity contribution >= 4 is 11.7 Å². The number of hydrogen-bond acceptors (Lipinski definition) is 4. The molecule has 4 heteroatoms. The second-order valence-corrected chi connectivity index (χ2v) is 6.52. The molecule has 132 valence electrons. The lowest BCUT2D eigenvalue weighted by Crippen LogP contribution is -2.25. The molecular weight excluding hydrogens is 288 g/mol. The number of rotatable bonds is 12. The van der Waals surface area contributed by atoms with Crippen molar-refractivity contribution in [3.63, 3.8) is 0 Å². The van der Waals surface area contributed by atoms with Crippen LogP contribution in [0.25, 0.3) is 0 Å². The lowest BCUT2D eigenvalue weighted by Gasteiger charge is -2.19. The Morgan fingerprint density at radius 1 is 1.13 bits per heavy atom. The maximum absolute atomic E-state index is 12.0. The lowest BCUT2D eigenvalue weighted by atomic mass is 9.98. The predicted molar refractivity (Wildman–Crippen MR) is 96.3 cm³/mol. The largest absolute Gasteiger partial charge is 0.387 e. The lowest BCUT2D eigenvalue weighted by molar-refractivity contribution is -0.136. The highest BCUT2D eigenvalue weighted by atomic mass is 16.7. The first-order valence-corrected chi connectivity index (χ1v) is 9.37. The third kappa shape index (κ3) is 6.76. The van der Waals surface area contributed by atoms with E-state index < -0.39 is 0 Å². The summed E-state index contributed by atoms with van der Waals surface area (Å²) in [6, 6.07) is 0. The zero-order valence-electron chi connectivity index (χ0n) is 15.4. The highest BCUT2D eigenvalue weighted by Crippen LogP contribution is 2.20. The molecule has 0 spiro atoms. The van der Waals surface area contributed by atoms with Gasteiger partial charge in [0.25, 0.3) is 0 Å². The van der Waals surface area contributed by atoms with E-state index >= 15 is 0 Å². The second-order valence-electron chi connectivity index (χ2n) is 6.52. The summed E-state index contributed by atoms with van der Waals surface area (Å²) >= 11 is 0. The van der Waals surface area contributed by atoms with Gasteiger partial charge < -0.3 is 10.2 Å². The molecule has 1 atom stereocenters. The minimum Gasteiger partial charge on any atom is -0.387 e. The summed E-state index contributed by atoms with van der Waals surface area (Å²) in [5.41, 5.74) is 2.39. The van der Waals surface area contributed by atoms with E-state index in [9.17, 15) is 4.79 Å². The highest BCUT2D eigenvalue weighted by Gasteiger charge is 2.26. The molecule has 0 aliphatic carbocycles. The monoisotopic (exact) mass is 322 g/mol. The molecule has 0 saturated carbocycles. The molecular formula is C19H34N2O2. The Kier molecular flexibility index (Phi) is 9.65. The SMILES string of the molecule is CCCCCC/C(NCC(CC)CCCC)=C1/C(=O)ON=C1C. The Balaban J connectivity index is 2.70. The molecule has 0 bridgehead atoms. The topological polar surface area (TPSA) is 50.7 Å². The number of nitrogens with zero attached hydrogens (tertiary/aromatic N) is 1. The van der Waals surface area contributed by atoms with Crippen LogP contribution in [0.2, 0.25) is 0 Å². The van der Waals surface area contributed by atoms with Crippen LogP contribution >= 0.6 is 0 Å². The van der Waals surface area contributed by atoms with Crippen molar-refractivity contribution in [1.29, 1.82) is 0 Å². The number of hydrogen-bond donors (Lipinski definition) is 1. The van der Waals surface area contributed by atoms with Crippen molar-refractivity contribution < 1.29 is 9.63 Å². The Labute approximate surface area is 141 Å².